The number of nitro benzene ring substituents is 1. The lowest BCUT2D eigenvalue weighted by molar-refractivity contribution is -0.384. The number of rotatable bonds is 11. The quantitative estimate of drug-likeness (QED) is 0.112. The zero-order valence-corrected chi connectivity index (χ0v) is 26.3. The van der Waals surface area contributed by atoms with Crippen molar-refractivity contribution in [2.24, 2.45) is 10.7 Å². The number of carboxylic acids is 1. The lowest BCUT2D eigenvalue weighted by Gasteiger charge is -2.19. The Kier molecular flexibility index (Phi) is 12.6. The molecule has 45 heavy (non-hydrogen) atoms. The molecule has 0 fully saturated rings. The second-order valence-corrected chi connectivity index (χ2v) is 11.8. The summed E-state index contributed by atoms with van der Waals surface area (Å²) in [7, 11) is 0. The Bertz CT molecular complexity index is 1510. The molecule has 1 heterocycles. The number of carbonyl (C=O) groups excluding carboxylic acids is 1. The van der Waals surface area contributed by atoms with Crippen LogP contribution >= 0.6 is 0 Å². The molecule has 0 amide bonds. The van der Waals surface area contributed by atoms with Crippen molar-refractivity contribution in [2.45, 2.75) is 64.8 Å². The third-order valence-electron chi connectivity index (χ3n) is 7.28. The zero-order valence-electron chi connectivity index (χ0n) is 26.3. The third-order valence-corrected chi connectivity index (χ3v) is 7.28. The van der Waals surface area contributed by atoms with Crippen LogP contribution in [0.4, 0.5) is 5.69 Å². The molecule has 2 aliphatic rings. The highest BCUT2D eigenvalue weighted by molar-refractivity contribution is 5.94. The molecule has 10 heteroatoms. The molecule has 2 aromatic rings. The van der Waals surface area contributed by atoms with Crippen molar-refractivity contribution in [3.05, 3.63) is 117 Å². The Labute approximate surface area is 264 Å². The first-order valence-corrected chi connectivity index (χ1v) is 15.0. The number of nitrogens with zero attached hydrogens (tertiary/aromatic N) is 2. The van der Waals surface area contributed by atoms with Gasteiger partial charge in [-0.2, -0.15) is 0 Å². The van der Waals surface area contributed by atoms with Gasteiger partial charge in [-0.15, -0.1) is 0 Å². The fraction of sp³-hybridized carbons (Fsp3) is 0.343. The average molecular weight is 615 g/mol. The highest BCUT2D eigenvalue weighted by atomic mass is 16.6. The van der Waals surface area contributed by atoms with E-state index in [1.165, 1.54) is 17.7 Å². The van der Waals surface area contributed by atoms with Crippen LogP contribution in [0.25, 0.3) is 5.70 Å². The first kappa shape index (κ1) is 34.7. The number of nitrogens with one attached hydrogen (secondary N) is 1. The number of allylic oxidation sites excluding steroid dienone is 3. The van der Waals surface area contributed by atoms with Crippen molar-refractivity contribution in [3.8, 4) is 0 Å². The summed E-state index contributed by atoms with van der Waals surface area (Å²) in [5, 5.41) is 23.6. The molecule has 4 N–H and O–H groups in total. The summed E-state index contributed by atoms with van der Waals surface area (Å²) >= 11 is 0. The number of ether oxygens (including phenoxy) is 1. The molecular formula is C35H42N4O6. The normalized spacial score (nSPS) is 15.3. The van der Waals surface area contributed by atoms with Gasteiger partial charge >= 0.3 is 5.97 Å². The fourth-order valence-corrected chi connectivity index (χ4v) is 4.55. The van der Waals surface area contributed by atoms with Gasteiger partial charge in [0.1, 0.15) is 12.0 Å². The van der Waals surface area contributed by atoms with Crippen LogP contribution in [0.2, 0.25) is 0 Å². The molecule has 10 nitrogen and oxygen atoms in total. The zero-order chi connectivity index (χ0) is 33.0. The van der Waals surface area contributed by atoms with Gasteiger partial charge in [-0.25, -0.2) is 4.79 Å². The van der Waals surface area contributed by atoms with E-state index in [4.69, 9.17) is 10.5 Å². The molecule has 1 atom stereocenters. The number of unbranched alkanes of at least 4 members (excludes halogenated alkanes) is 1. The van der Waals surface area contributed by atoms with Crippen LogP contribution in [-0.2, 0) is 14.9 Å². The van der Waals surface area contributed by atoms with Crippen LogP contribution < -0.4 is 11.1 Å². The van der Waals surface area contributed by atoms with Gasteiger partial charge < -0.3 is 20.9 Å². The molecule has 0 aromatic heterocycles. The van der Waals surface area contributed by atoms with Gasteiger partial charge in [-0.1, -0.05) is 70.5 Å². The smallest absolute Gasteiger partial charge is 0.339 e. The molecule has 2 aromatic carbocycles. The number of carboxylic acid groups (broad SMARTS) is 1. The molecule has 0 saturated heterocycles. The number of aliphatic carboxylic acids is 1. The summed E-state index contributed by atoms with van der Waals surface area (Å²) in [5.41, 5.74) is 12.0. The molecule has 0 radical (unpaired) electrons. The molecule has 1 aliphatic heterocycles. The first-order chi connectivity index (χ1) is 21.4. The molecule has 0 bridgehead atoms. The Morgan fingerprint density at radius 3 is 2.42 bits per heavy atom. The Hall–Kier alpha value is -4.83. The predicted octanol–water partition coefficient (Wildman–Crippen LogP) is 6.49. The minimum Gasteiger partial charge on any atom is -0.493 e. The minimum atomic E-state index is -1.03. The number of hydrogen-bond acceptors (Lipinski definition) is 8. The van der Waals surface area contributed by atoms with Gasteiger partial charge in [0.05, 0.1) is 29.3 Å². The van der Waals surface area contributed by atoms with Crippen molar-refractivity contribution in [3.63, 3.8) is 0 Å². The van der Waals surface area contributed by atoms with Crippen LogP contribution in [-0.4, -0.2) is 47.2 Å². The fourth-order valence-electron chi connectivity index (χ4n) is 4.55. The first-order valence-electron chi connectivity index (χ1n) is 15.0. The van der Waals surface area contributed by atoms with E-state index in [1.54, 1.807) is 30.5 Å². The summed E-state index contributed by atoms with van der Waals surface area (Å²) in [6.45, 7) is 9.51. The highest BCUT2D eigenvalue weighted by Gasteiger charge is 2.21. The molecule has 1 unspecified atom stereocenters. The van der Waals surface area contributed by atoms with Crippen LogP contribution in [0.1, 0.15) is 74.9 Å². The van der Waals surface area contributed by atoms with Crippen molar-refractivity contribution >= 4 is 29.4 Å². The van der Waals surface area contributed by atoms with Gasteiger partial charge in [0.25, 0.3) is 5.69 Å². The molecule has 238 valence electrons. The average Bonchev–Trinajstić information content (AvgIpc) is 3.24. The maximum absolute atomic E-state index is 11.7. The number of aliphatic imine (C=N–C) groups is 1. The monoisotopic (exact) mass is 614 g/mol. The van der Waals surface area contributed by atoms with E-state index in [9.17, 15) is 24.8 Å². The van der Waals surface area contributed by atoms with Crippen molar-refractivity contribution in [1.29, 1.82) is 0 Å². The molecule has 0 saturated carbocycles. The van der Waals surface area contributed by atoms with E-state index in [0.29, 0.717) is 37.4 Å². The Morgan fingerprint density at radius 2 is 1.84 bits per heavy atom. The number of nitrogens with two attached hydrogens (primary N) is 1. The molecular weight excluding hydrogens is 572 g/mol. The Balaban J connectivity index is 0.000000385. The molecule has 0 spiro atoms. The van der Waals surface area contributed by atoms with Gasteiger partial charge in [0, 0.05) is 47.6 Å². The number of benzene rings is 2. The third kappa shape index (κ3) is 10.4. The van der Waals surface area contributed by atoms with E-state index in [1.807, 2.05) is 37.3 Å². The maximum Gasteiger partial charge on any atom is 0.339 e. The summed E-state index contributed by atoms with van der Waals surface area (Å²) in [6, 6.07) is 13.6. The lowest BCUT2D eigenvalue weighted by Crippen LogP contribution is -2.31. The van der Waals surface area contributed by atoms with Crippen molar-refractivity contribution < 1.29 is 24.4 Å². The van der Waals surface area contributed by atoms with Crippen molar-refractivity contribution in [2.75, 3.05) is 13.2 Å². The van der Waals surface area contributed by atoms with Gasteiger partial charge in [0.15, 0.2) is 0 Å². The summed E-state index contributed by atoms with van der Waals surface area (Å²) in [4.78, 5) is 37.1. The maximum atomic E-state index is 11.7. The summed E-state index contributed by atoms with van der Waals surface area (Å²) in [5.74, 6) is -0.682. The Morgan fingerprint density at radius 1 is 1.16 bits per heavy atom. The van der Waals surface area contributed by atoms with Gasteiger partial charge in [-0.05, 0) is 47.6 Å². The minimum absolute atomic E-state index is 0.0227. The largest absolute Gasteiger partial charge is 0.493 e. The topological polar surface area (TPSA) is 157 Å². The summed E-state index contributed by atoms with van der Waals surface area (Å²) < 4.78 is 5.68. The van der Waals surface area contributed by atoms with E-state index in [0.717, 1.165) is 41.5 Å². The van der Waals surface area contributed by atoms with Gasteiger partial charge in [-0.3, -0.25) is 19.9 Å². The van der Waals surface area contributed by atoms with Crippen LogP contribution in [0.15, 0.2) is 94.9 Å². The standard InChI is InChI=1S/C24H28N4O5.C11H14O/c1-2-3-12-33-23-11-7-16(6-10-20(23)24(29)30)21(25)13-18-14-26-15-22(27-18)17-4-8-19(9-5-17)28(31)32;1-11(2,3)10-6-4-9(8-12)5-7-10/h4-5,7-11,15,21,26H,2-3,6,12-14,25H2,1H3,(H,29,30);4-8H,1-3H3. The van der Waals surface area contributed by atoms with E-state index in [-0.39, 0.29) is 22.7 Å². The van der Waals surface area contributed by atoms with Crippen LogP contribution in [0, 0.1) is 10.1 Å². The van der Waals surface area contributed by atoms with Crippen LogP contribution in [0.5, 0.6) is 0 Å². The van der Waals surface area contributed by atoms with Crippen molar-refractivity contribution in [1.82, 2.24) is 5.32 Å². The number of aldehydes is 1. The number of nitro groups is 1. The predicted molar refractivity (Wildman–Crippen MR) is 177 cm³/mol. The van der Waals surface area contributed by atoms with Gasteiger partial charge in [0.2, 0.25) is 0 Å². The van der Waals surface area contributed by atoms with E-state index < -0.39 is 10.9 Å². The highest BCUT2D eigenvalue weighted by Crippen LogP contribution is 2.25. The number of non-ortho nitro benzene ring substituents is 1. The molecule has 1 aliphatic carbocycles. The lowest BCUT2D eigenvalue weighted by atomic mass is 9.87. The molecule has 4 rings (SSSR count). The second-order valence-electron chi connectivity index (χ2n) is 11.8. The van der Waals surface area contributed by atoms with E-state index in [2.05, 4.69) is 31.1 Å². The number of hydrogen-bond donors (Lipinski definition) is 3. The SMILES string of the molecule is CC(C)(C)c1ccc(C=O)cc1.CCCCOC1=CC=C(C(N)CC2=NC(c3ccc([N+](=O)[O-])cc3)=CNC2)CC=C1C(=O)O. The van der Waals surface area contributed by atoms with Crippen LogP contribution in [0.3, 0.4) is 0 Å². The number of carbonyl (C=O) groups is 2. The second kappa shape index (κ2) is 16.3. The summed E-state index contributed by atoms with van der Waals surface area (Å²) in [6.07, 6.45) is 10.5. The van der Waals surface area contributed by atoms with E-state index >= 15 is 0 Å².